The van der Waals surface area contributed by atoms with Crippen molar-refractivity contribution < 1.29 is 9.13 Å². The molecular formula is C9H16N2+2. The molecule has 0 unspecified atom stereocenters. The summed E-state index contributed by atoms with van der Waals surface area (Å²) in [7, 11) is 2.02. The van der Waals surface area contributed by atoms with Crippen LogP contribution in [0.2, 0.25) is 0 Å². The predicted octanol–water partition coefficient (Wildman–Crippen LogP) is 0.554. The molecule has 0 saturated heterocycles. The normalized spacial score (nSPS) is 11.6. The summed E-state index contributed by atoms with van der Waals surface area (Å²) in [5, 5.41) is 0. The molecule has 1 aromatic heterocycles. The van der Waals surface area contributed by atoms with Gasteiger partial charge in [0, 0.05) is 20.8 Å². The highest BCUT2D eigenvalue weighted by atomic mass is 15.0. The SMILES string of the molecule is C[n+]1cc[n+](C(C)(C)C)cc1. The van der Waals surface area contributed by atoms with E-state index in [4.69, 9.17) is 0 Å². The van der Waals surface area contributed by atoms with E-state index in [9.17, 15) is 0 Å². The van der Waals surface area contributed by atoms with Gasteiger partial charge in [-0.1, -0.05) is 0 Å². The second kappa shape index (κ2) is 2.61. The fraction of sp³-hybridized carbons (Fsp3) is 0.556. The number of hydrogen-bond donors (Lipinski definition) is 0. The first-order valence-electron chi connectivity index (χ1n) is 3.87. The van der Waals surface area contributed by atoms with Gasteiger partial charge in [-0.2, -0.15) is 9.13 Å². The van der Waals surface area contributed by atoms with Gasteiger partial charge in [0.05, 0.1) is 0 Å². The summed E-state index contributed by atoms with van der Waals surface area (Å²) in [6.45, 7) is 6.56. The number of hydrogen-bond acceptors (Lipinski definition) is 0. The van der Waals surface area contributed by atoms with Crippen molar-refractivity contribution in [1.29, 1.82) is 0 Å². The lowest BCUT2D eigenvalue weighted by atomic mass is 10.1. The zero-order chi connectivity index (χ0) is 8.48. The number of aromatic nitrogens is 2. The summed E-state index contributed by atoms with van der Waals surface area (Å²) in [5.74, 6) is 0. The Morgan fingerprint density at radius 3 is 1.73 bits per heavy atom. The molecule has 0 saturated carbocycles. The first kappa shape index (κ1) is 8.18. The predicted molar refractivity (Wildman–Crippen MR) is 42.8 cm³/mol. The zero-order valence-electron chi connectivity index (χ0n) is 7.70. The van der Waals surface area contributed by atoms with Crippen molar-refractivity contribution in [2.24, 2.45) is 7.05 Å². The van der Waals surface area contributed by atoms with Crippen LogP contribution in [0.25, 0.3) is 0 Å². The Morgan fingerprint density at radius 1 is 0.909 bits per heavy atom. The fourth-order valence-corrected chi connectivity index (χ4v) is 0.901. The van der Waals surface area contributed by atoms with Crippen LogP contribution >= 0.6 is 0 Å². The molecule has 11 heavy (non-hydrogen) atoms. The maximum absolute atomic E-state index is 2.19. The van der Waals surface area contributed by atoms with Gasteiger partial charge in [-0.15, -0.1) is 0 Å². The van der Waals surface area contributed by atoms with Gasteiger partial charge in [0.25, 0.3) is 0 Å². The van der Waals surface area contributed by atoms with Crippen LogP contribution in [0, 0.1) is 0 Å². The van der Waals surface area contributed by atoms with Crippen molar-refractivity contribution >= 4 is 0 Å². The van der Waals surface area contributed by atoms with Crippen molar-refractivity contribution in [3.8, 4) is 0 Å². The zero-order valence-corrected chi connectivity index (χ0v) is 7.70. The smallest absolute Gasteiger partial charge is 0.197 e. The molecular weight excluding hydrogens is 136 g/mol. The Hall–Kier alpha value is -0.920. The molecule has 2 nitrogen and oxygen atoms in total. The van der Waals surface area contributed by atoms with Crippen LogP contribution in [0.3, 0.4) is 0 Å². The highest BCUT2D eigenvalue weighted by molar-refractivity contribution is 4.58. The summed E-state index contributed by atoms with van der Waals surface area (Å²) < 4.78 is 4.22. The largest absolute Gasteiger partial charge is 0.233 e. The lowest BCUT2D eigenvalue weighted by molar-refractivity contribution is -0.779. The topological polar surface area (TPSA) is 7.76 Å². The van der Waals surface area contributed by atoms with Gasteiger partial charge in [-0.05, 0) is 0 Å². The van der Waals surface area contributed by atoms with Crippen LogP contribution in [0.4, 0.5) is 0 Å². The lowest BCUT2D eigenvalue weighted by Crippen LogP contribution is -2.51. The van der Waals surface area contributed by atoms with Crippen LogP contribution in [0.5, 0.6) is 0 Å². The van der Waals surface area contributed by atoms with E-state index in [1.54, 1.807) is 0 Å². The highest BCUT2D eigenvalue weighted by Crippen LogP contribution is 2.00. The lowest BCUT2D eigenvalue weighted by Gasteiger charge is -2.10. The Kier molecular flexibility index (Phi) is 1.94. The summed E-state index contributed by atoms with van der Waals surface area (Å²) >= 11 is 0. The van der Waals surface area contributed by atoms with Gasteiger partial charge < -0.3 is 0 Å². The molecule has 0 aliphatic heterocycles. The Morgan fingerprint density at radius 2 is 1.36 bits per heavy atom. The minimum absolute atomic E-state index is 0.189. The molecule has 2 heteroatoms. The van der Waals surface area contributed by atoms with E-state index in [1.165, 1.54) is 0 Å². The summed E-state index contributed by atoms with van der Waals surface area (Å²) in [4.78, 5) is 0. The van der Waals surface area contributed by atoms with Gasteiger partial charge in [0.2, 0.25) is 24.8 Å². The van der Waals surface area contributed by atoms with Crippen LogP contribution < -0.4 is 9.13 Å². The third-order valence-corrected chi connectivity index (χ3v) is 1.70. The first-order valence-corrected chi connectivity index (χ1v) is 3.87. The quantitative estimate of drug-likeness (QED) is 0.480. The average Bonchev–Trinajstić information content (AvgIpc) is 1.86. The molecule has 0 aliphatic rings. The van der Waals surface area contributed by atoms with Gasteiger partial charge in [0.15, 0.2) is 5.54 Å². The maximum atomic E-state index is 2.19. The molecule has 0 atom stereocenters. The number of aryl methyl sites for hydroxylation is 1. The van der Waals surface area contributed by atoms with E-state index in [1.807, 2.05) is 24.0 Å². The van der Waals surface area contributed by atoms with Gasteiger partial charge in [-0.3, -0.25) is 0 Å². The van der Waals surface area contributed by atoms with Crippen molar-refractivity contribution in [2.45, 2.75) is 26.3 Å². The molecule has 0 aliphatic carbocycles. The molecule has 0 aromatic carbocycles. The van der Waals surface area contributed by atoms with E-state index < -0.39 is 0 Å². The molecule has 1 aromatic rings. The summed E-state index contributed by atoms with van der Waals surface area (Å²) in [5.41, 5.74) is 0.189. The number of nitrogens with zero attached hydrogens (tertiary/aromatic N) is 2. The van der Waals surface area contributed by atoms with Crippen LogP contribution in [-0.4, -0.2) is 0 Å². The van der Waals surface area contributed by atoms with E-state index in [-0.39, 0.29) is 5.54 Å². The minimum atomic E-state index is 0.189. The molecule has 0 radical (unpaired) electrons. The molecule has 0 amide bonds. The Balaban J connectivity index is 2.99. The first-order chi connectivity index (χ1) is 5.00. The Bertz CT molecular complexity index is 231. The van der Waals surface area contributed by atoms with E-state index in [0.29, 0.717) is 0 Å². The van der Waals surface area contributed by atoms with Crippen molar-refractivity contribution in [3.05, 3.63) is 24.8 Å². The van der Waals surface area contributed by atoms with E-state index in [0.717, 1.165) is 0 Å². The van der Waals surface area contributed by atoms with Gasteiger partial charge >= 0.3 is 0 Å². The second-order valence-electron chi connectivity index (χ2n) is 3.84. The molecule has 0 spiro atoms. The van der Waals surface area contributed by atoms with Gasteiger partial charge in [0.1, 0.15) is 7.05 Å². The minimum Gasteiger partial charge on any atom is -0.197 e. The molecule has 0 bridgehead atoms. The molecule has 60 valence electrons. The highest BCUT2D eigenvalue weighted by Gasteiger charge is 2.21. The fourth-order valence-electron chi connectivity index (χ4n) is 0.901. The standard InChI is InChI=1S/C9H16N2/c1-9(2,3)11-7-5-10(4)6-8-11/h5-8H,1-4H3/q+2. The summed E-state index contributed by atoms with van der Waals surface area (Å²) in [6.07, 6.45) is 8.26. The third-order valence-electron chi connectivity index (χ3n) is 1.70. The average molecular weight is 152 g/mol. The number of rotatable bonds is 0. The maximum Gasteiger partial charge on any atom is 0.233 e. The third kappa shape index (κ3) is 2.00. The van der Waals surface area contributed by atoms with E-state index in [2.05, 4.69) is 37.7 Å². The van der Waals surface area contributed by atoms with E-state index >= 15 is 0 Å². The van der Waals surface area contributed by atoms with Crippen LogP contribution in [0.1, 0.15) is 20.8 Å². The molecule has 1 heterocycles. The van der Waals surface area contributed by atoms with Crippen LogP contribution in [0.15, 0.2) is 24.8 Å². The molecule has 0 N–H and O–H groups in total. The van der Waals surface area contributed by atoms with Crippen molar-refractivity contribution in [1.82, 2.24) is 0 Å². The monoisotopic (exact) mass is 152 g/mol. The Labute approximate surface area is 68.1 Å². The molecule has 0 fully saturated rings. The second-order valence-corrected chi connectivity index (χ2v) is 3.84. The van der Waals surface area contributed by atoms with Crippen molar-refractivity contribution in [3.63, 3.8) is 0 Å². The summed E-state index contributed by atoms with van der Waals surface area (Å²) in [6, 6.07) is 0. The van der Waals surface area contributed by atoms with Gasteiger partial charge in [-0.25, -0.2) is 0 Å². The van der Waals surface area contributed by atoms with Crippen LogP contribution in [-0.2, 0) is 12.6 Å². The van der Waals surface area contributed by atoms with Crippen molar-refractivity contribution in [2.75, 3.05) is 0 Å². The molecule has 1 rings (SSSR count).